The zero-order valence-corrected chi connectivity index (χ0v) is 12.5. The summed E-state index contributed by atoms with van der Waals surface area (Å²) in [5.41, 5.74) is -0.548. The Morgan fingerprint density at radius 3 is 2.65 bits per heavy atom. The quantitative estimate of drug-likeness (QED) is 0.893. The van der Waals surface area contributed by atoms with E-state index in [-0.39, 0.29) is 35.5 Å². The van der Waals surface area contributed by atoms with Crippen molar-refractivity contribution >= 4 is 5.78 Å². The monoisotopic (exact) mass is 328 g/mol. The van der Waals surface area contributed by atoms with E-state index in [2.05, 4.69) is 0 Å². The van der Waals surface area contributed by atoms with E-state index >= 15 is 0 Å². The third kappa shape index (κ3) is 3.15. The highest BCUT2D eigenvalue weighted by atomic mass is 19.4. The number of ketones is 1. The first kappa shape index (κ1) is 16.5. The van der Waals surface area contributed by atoms with E-state index in [1.54, 1.807) is 0 Å². The summed E-state index contributed by atoms with van der Waals surface area (Å²) in [6.07, 6.45) is -4.24. The number of rotatable bonds is 4. The molecule has 0 aromatic heterocycles. The highest BCUT2D eigenvalue weighted by molar-refractivity contribution is 5.88. The minimum atomic E-state index is -4.43. The van der Waals surface area contributed by atoms with Crippen molar-refractivity contribution in [2.24, 2.45) is 17.8 Å². The molecule has 3 rings (SSSR count). The maximum Gasteiger partial charge on any atom is 0.416 e. The van der Waals surface area contributed by atoms with Gasteiger partial charge in [-0.25, -0.2) is 0 Å². The van der Waals surface area contributed by atoms with Gasteiger partial charge < -0.3 is 10.2 Å². The van der Waals surface area contributed by atoms with Gasteiger partial charge in [-0.1, -0.05) is 12.1 Å². The summed E-state index contributed by atoms with van der Waals surface area (Å²) in [6, 6.07) is 4.69. The van der Waals surface area contributed by atoms with Crippen molar-refractivity contribution in [3.63, 3.8) is 0 Å². The van der Waals surface area contributed by atoms with Crippen LogP contribution in [0.3, 0.4) is 0 Å². The molecule has 0 saturated heterocycles. The van der Waals surface area contributed by atoms with E-state index in [1.807, 2.05) is 0 Å². The van der Waals surface area contributed by atoms with Crippen molar-refractivity contribution in [3.05, 3.63) is 35.4 Å². The summed E-state index contributed by atoms with van der Waals surface area (Å²) in [5, 5.41) is 20.2. The third-order valence-electron chi connectivity index (χ3n) is 5.28. The molecule has 0 heterocycles. The summed E-state index contributed by atoms with van der Waals surface area (Å²) < 4.78 is 38.1. The van der Waals surface area contributed by atoms with Crippen LogP contribution in [0.4, 0.5) is 13.2 Å². The first-order valence-corrected chi connectivity index (χ1v) is 7.83. The van der Waals surface area contributed by atoms with Crippen LogP contribution >= 0.6 is 0 Å². The molecule has 0 aliphatic heterocycles. The summed E-state index contributed by atoms with van der Waals surface area (Å²) in [5.74, 6) is 0.264. The van der Waals surface area contributed by atoms with Gasteiger partial charge in [0, 0.05) is 12.3 Å². The van der Waals surface area contributed by atoms with Crippen molar-refractivity contribution < 1.29 is 28.2 Å². The van der Waals surface area contributed by atoms with Crippen LogP contribution in [0.1, 0.15) is 42.9 Å². The number of alkyl halides is 3. The number of aliphatic hydroxyl groups excluding tert-OH is 2. The molecule has 126 valence electrons. The minimum Gasteiger partial charge on any atom is -0.393 e. The fraction of sp³-hybridized carbons (Fsp3) is 0.588. The van der Waals surface area contributed by atoms with Gasteiger partial charge >= 0.3 is 6.18 Å². The largest absolute Gasteiger partial charge is 0.416 e. The van der Waals surface area contributed by atoms with E-state index in [0.717, 1.165) is 12.1 Å². The molecular formula is C17H19F3O3. The number of halogens is 3. The van der Waals surface area contributed by atoms with Crippen molar-refractivity contribution in [2.75, 3.05) is 0 Å². The molecule has 0 spiro atoms. The molecule has 2 aliphatic rings. The normalized spacial score (nSPS) is 31.6. The Bertz CT molecular complexity index is 599. The number of carbonyl (C=O) groups excluding carboxylic acids is 1. The topological polar surface area (TPSA) is 57.5 Å². The molecule has 5 unspecified atom stereocenters. The predicted molar refractivity (Wildman–Crippen MR) is 76.4 cm³/mol. The summed E-state index contributed by atoms with van der Waals surface area (Å²) in [4.78, 5) is 11.4. The standard InChI is InChI=1S/C17H19F3O3/c18-17(19,20)10-3-1-2-9(6-10)14(21)5-4-11-12-7-16(23)13(12)8-15(11)22/h1-3,6,11-15,21-22H,4-5,7-8H2. The molecule has 1 aromatic rings. The molecule has 1 aromatic carbocycles. The van der Waals surface area contributed by atoms with Gasteiger partial charge in [-0.3, -0.25) is 4.79 Å². The third-order valence-corrected chi connectivity index (χ3v) is 5.28. The molecule has 0 amide bonds. The van der Waals surface area contributed by atoms with Crippen LogP contribution < -0.4 is 0 Å². The molecule has 2 aliphatic carbocycles. The van der Waals surface area contributed by atoms with Gasteiger partial charge in [0.15, 0.2) is 0 Å². The summed E-state index contributed by atoms with van der Waals surface area (Å²) >= 11 is 0. The van der Waals surface area contributed by atoms with Crippen LogP contribution in [-0.4, -0.2) is 22.1 Å². The lowest BCUT2D eigenvalue weighted by Crippen LogP contribution is -2.36. The van der Waals surface area contributed by atoms with Gasteiger partial charge in [0.2, 0.25) is 0 Å². The van der Waals surface area contributed by atoms with Crippen LogP contribution in [0.2, 0.25) is 0 Å². The van der Waals surface area contributed by atoms with Crippen LogP contribution in [0.25, 0.3) is 0 Å². The van der Waals surface area contributed by atoms with Crippen LogP contribution in [0.5, 0.6) is 0 Å². The van der Waals surface area contributed by atoms with Gasteiger partial charge in [0.25, 0.3) is 0 Å². The zero-order chi connectivity index (χ0) is 16.8. The molecule has 2 N–H and O–H groups in total. The Kier molecular flexibility index (Phi) is 4.23. The lowest BCUT2D eigenvalue weighted by Gasteiger charge is -2.32. The number of aliphatic hydroxyl groups is 2. The Morgan fingerprint density at radius 1 is 1.30 bits per heavy atom. The number of carbonyl (C=O) groups is 1. The highest BCUT2D eigenvalue weighted by Gasteiger charge is 2.52. The lowest BCUT2D eigenvalue weighted by atomic mass is 9.70. The second-order valence-electron chi connectivity index (χ2n) is 6.62. The lowest BCUT2D eigenvalue weighted by molar-refractivity contribution is -0.137. The van der Waals surface area contributed by atoms with Gasteiger partial charge in [-0.05, 0) is 48.8 Å². The van der Waals surface area contributed by atoms with E-state index in [4.69, 9.17) is 0 Å². The number of fused-ring (bicyclic) bond motifs is 1. The Balaban J connectivity index is 1.62. The molecule has 6 heteroatoms. The number of hydrogen-bond acceptors (Lipinski definition) is 3. The fourth-order valence-electron chi connectivity index (χ4n) is 3.93. The SMILES string of the molecule is O=C1CC2C1CC(O)C2CCC(O)c1cccc(C(F)(F)F)c1. The summed E-state index contributed by atoms with van der Waals surface area (Å²) in [7, 11) is 0. The van der Waals surface area contributed by atoms with Crippen LogP contribution in [0.15, 0.2) is 24.3 Å². The highest BCUT2D eigenvalue weighted by Crippen LogP contribution is 2.50. The second-order valence-corrected chi connectivity index (χ2v) is 6.62. The second kappa shape index (κ2) is 5.91. The Morgan fingerprint density at radius 2 is 2.04 bits per heavy atom. The molecule has 23 heavy (non-hydrogen) atoms. The smallest absolute Gasteiger partial charge is 0.393 e. The van der Waals surface area contributed by atoms with E-state index in [1.165, 1.54) is 12.1 Å². The predicted octanol–water partition coefficient (Wildman–Crippen LogP) is 3.11. The van der Waals surface area contributed by atoms with Crippen molar-refractivity contribution in [1.82, 2.24) is 0 Å². The first-order chi connectivity index (χ1) is 10.8. The van der Waals surface area contributed by atoms with Gasteiger partial charge in [-0.2, -0.15) is 13.2 Å². The van der Waals surface area contributed by atoms with E-state index in [0.29, 0.717) is 19.3 Å². The number of benzene rings is 1. The minimum absolute atomic E-state index is 0.0434. The summed E-state index contributed by atoms with van der Waals surface area (Å²) in [6.45, 7) is 0. The first-order valence-electron chi connectivity index (χ1n) is 7.83. The van der Waals surface area contributed by atoms with Crippen molar-refractivity contribution in [2.45, 2.75) is 44.1 Å². The average Bonchev–Trinajstić information content (AvgIpc) is 2.75. The number of hydrogen-bond donors (Lipinski definition) is 2. The van der Waals surface area contributed by atoms with E-state index < -0.39 is 23.9 Å². The average molecular weight is 328 g/mol. The fourth-order valence-corrected chi connectivity index (χ4v) is 3.93. The Hall–Kier alpha value is -1.40. The molecule has 2 fully saturated rings. The maximum absolute atomic E-state index is 12.7. The Labute approximate surface area is 132 Å². The van der Waals surface area contributed by atoms with Crippen LogP contribution in [-0.2, 0) is 11.0 Å². The molecule has 0 bridgehead atoms. The van der Waals surface area contributed by atoms with Gasteiger partial charge in [0.1, 0.15) is 5.78 Å². The maximum atomic E-state index is 12.7. The molecule has 3 nitrogen and oxygen atoms in total. The molecular weight excluding hydrogens is 309 g/mol. The molecule has 2 saturated carbocycles. The molecule has 5 atom stereocenters. The van der Waals surface area contributed by atoms with Crippen molar-refractivity contribution in [1.29, 1.82) is 0 Å². The van der Waals surface area contributed by atoms with Gasteiger partial charge in [-0.15, -0.1) is 0 Å². The zero-order valence-electron chi connectivity index (χ0n) is 12.5. The van der Waals surface area contributed by atoms with Crippen LogP contribution in [0, 0.1) is 17.8 Å². The number of Topliss-reactive ketones (excluding diaryl/α,β-unsaturated/α-hetero) is 1. The van der Waals surface area contributed by atoms with Gasteiger partial charge in [0.05, 0.1) is 17.8 Å². The van der Waals surface area contributed by atoms with E-state index in [9.17, 15) is 28.2 Å². The van der Waals surface area contributed by atoms with Crippen molar-refractivity contribution in [3.8, 4) is 0 Å². The molecule has 0 radical (unpaired) electrons.